The van der Waals surface area contributed by atoms with Crippen molar-refractivity contribution in [3.05, 3.63) is 32.8 Å². The zero-order valence-electron chi connectivity index (χ0n) is 12.5. The van der Waals surface area contributed by atoms with Crippen molar-refractivity contribution in [2.45, 2.75) is 32.7 Å². The summed E-state index contributed by atoms with van der Waals surface area (Å²) < 4.78 is 0.739. The van der Waals surface area contributed by atoms with E-state index in [0.717, 1.165) is 42.6 Å². The lowest BCUT2D eigenvalue weighted by molar-refractivity contribution is -0.384. The number of hydrogen-bond donors (Lipinski definition) is 1. The molecule has 1 fully saturated rings. The van der Waals surface area contributed by atoms with Crippen LogP contribution in [0, 0.1) is 16.0 Å². The van der Waals surface area contributed by atoms with E-state index in [9.17, 15) is 10.1 Å². The normalized spacial score (nSPS) is 16.2. The van der Waals surface area contributed by atoms with Gasteiger partial charge in [0, 0.05) is 23.1 Å². The van der Waals surface area contributed by atoms with Crippen LogP contribution in [-0.2, 0) is 0 Å². The molecule has 0 spiro atoms. The minimum Gasteiger partial charge on any atom is -0.363 e. The van der Waals surface area contributed by atoms with E-state index in [1.807, 2.05) is 12.1 Å². The van der Waals surface area contributed by atoms with E-state index in [4.69, 9.17) is 0 Å². The van der Waals surface area contributed by atoms with Gasteiger partial charge in [-0.05, 0) is 57.8 Å². The first kappa shape index (κ1) is 16.2. The van der Waals surface area contributed by atoms with Gasteiger partial charge in [0.15, 0.2) is 0 Å². The van der Waals surface area contributed by atoms with Crippen LogP contribution in [0.15, 0.2) is 22.7 Å². The fourth-order valence-electron chi connectivity index (χ4n) is 2.82. The van der Waals surface area contributed by atoms with Crippen LogP contribution in [0.2, 0.25) is 0 Å². The van der Waals surface area contributed by atoms with Crippen molar-refractivity contribution in [1.82, 2.24) is 5.32 Å². The summed E-state index contributed by atoms with van der Waals surface area (Å²) in [6.07, 6.45) is 2.26. The third-order valence-corrected chi connectivity index (χ3v) is 4.47. The number of nitrogens with zero attached hydrogens (tertiary/aromatic N) is 2. The highest BCUT2D eigenvalue weighted by atomic mass is 79.9. The Kier molecular flexibility index (Phi) is 5.58. The van der Waals surface area contributed by atoms with Crippen molar-refractivity contribution in [3.8, 4) is 0 Å². The fraction of sp³-hybridized carbons (Fsp3) is 0.600. The molecule has 1 aromatic carbocycles. The number of anilines is 1. The summed E-state index contributed by atoms with van der Waals surface area (Å²) in [5.74, 6) is 0.594. The quantitative estimate of drug-likeness (QED) is 0.647. The van der Waals surface area contributed by atoms with Gasteiger partial charge in [0.1, 0.15) is 5.69 Å². The molecular weight excluding hydrogens is 334 g/mol. The van der Waals surface area contributed by atoms with Gasteiger partial charge in [-0.25, -0.2) is 0 Å². The summed E-state index contributed by atoms with van der Waals surface area (Å²) >= 11 is 3.32. The van der Waals surface area contributed by atoms with E-state index in [1.54, 1.807) is 6.07 Å². The van der Waals surface area contributed by atoms with E-state index >= 15 is 0 Å². The number of hydrogen-bond acceptors (Lipinski definition) is 4. The lowest BCUT2D eigenvalue weighted by Gasteiger charge is -2.34. The first-order valence-corrected chi connectivity index (χ1v) is 8.19. The molecule has 21 heavy (non-hydrogen) atoms. The van der Waals surface area contributed by atoms with E-state index in [2.05, 4.69) is 40.0 Å². The topological polar surface area (TPSA) is 58.4 Å². The summed E-state index contributed by atoms with van der Waals surface area (Å²) in [6.45, 7) is 7.14. The molecule has 0 bridgehead atoms. The second kappa shape index (κ2) is 7.22. The fourth-order valence-corrected chi connectivity index (χ4v) is 3.16. The van der Waals surface area contributed by atoms with Gasteiger partial charge in [-0.1, -0.05) is 15.9 Å². The Morgan fingerprint density at radius 2 is 2.10 bits per heavy atom. The van der Waals surface area contributed by atoms with E-state index in [1.165, 1.54) is 0 Å². The summed E-state index contributed by atoms with van der Waals surface area (Å²) in [7, 11) is 0. The number of nitro groups is 1. The van der Waals surface area contributed by atoms with E-state index in [0.29, 0.717) is 5.92 Å². The average molecular weight is 356 g/mol. The minimum atomic E-state index is -0.294. The SMILES string of the molecule is CC(C)N(CC1CCNCC1)c1ccc(Br)cc1[N+](=O)[O-]. The highest BCUT2D eigenvalue weighted by Crippen LogP contribution is 2.33. The van der Waals surface area contributed by atoms with Crippen LogP contribution in [0.3, 0.4) is 0 Å². The molecule has 2 rings (SSSR count). The molecule has 0 unspecified atom stereocenters. The summed E-state index contributed by atoms with van der Waals surface area (Å²) in [5.41, 5.74) is 0.892. The van der Waals surface area contributed by atoms with Crippen LogP contribution in [0.25, 0.3) is 0 Å². The highest BCUT2D eigenvalue weighted by molar-refractivity contribution is 9.10. The predicted octanol–water partition coefficient (Wildman–Crippen LogP) is 3.57. The third-order valence-electron chi connectivity index (χ3n) is 3.98. The first-order valence-electron chi connectivity index (χ1n) is 7.40. The largest absolute Gasteiger partial charge is 0.363 e. The highest BCUT2D eigenvalue weighted by Gasteiger charge is 2.25. The average Bonchev–Trinajstić information content (AvgIpc) is 2.46. The zero-order valence-corrected chi connectivity index (χ0v) is 14.1. The number of halogens is 1. The lowest BCUT2D eigenvalue weighted by atomic mass is 9.96. The molecule has 0 atom stereocenters. The van der Waals surface area contributed by atoms with Gasteiger partial charge in [-0.15, -0.1) is 0 Å². The number of piperidine rings is 1. The maximum atomic E-state index is 11.3. The van der Waals surface area contributed by atoms with Crippen LogP contribution in [0.4, 0.5) is 11.4 Å². The number of nitrogens with one attached hydrogen (secondary N) is 1. The van der Waals surface area contributed by atoms with Gasteiger partial charge >= 0.3 is 0 Å². The zero-order chi connectivity index (χ0) is 15.4. The maximum absolute atomic E-state index is 11.3. The molecule has 0 amide bonds. The molecule has 0 saturated carbocycles. The molecule has 1 N–H and O–H groups in total. The van der Waals surface area contributed by atoms with Crippen LogP contribution in [0.5, 0.6) is 0 Å². The third kappa shape index (κ3) is 4.17. The van der Waals surface area contributed by atoms with Crippen molar-refractivity contribution in [2.24, 2.45) is 5.92 Å². The van der Waals surface area contributed by atoms with Crippen molar-refractivity contribution in [2.75, 3.05) is 24.5 Å². The summed E-state index contributed by atoms with van der Waals surface area (Å²) in [5, 5.41) is 14.7. The van der Waals surface area contributed by atoms with Gasteiger partial charge < -0.3 is 10.2 Å². The first-order chi connectivity index (χ1) is 9.99. The monoisotopic (exact) mass is 355 g/mol. The number of rotatable bonds is 5. The van der Waals surface area contributed by atoms with Crippen molar-refractivity contribution < 1.29 is 4.92 Å². The molecule has 1 aliphatic heterocycles. The van der Waals surface area contributed by atoms with Crippen molar-refractivity contribution >= 4 is 27.3 Å². The van der Waals surface area contributed by atoms with Crippen LogP contribution >= 0.6 is 15.9 Å². The molecule has 1 aliphatic rings. The minimum absolute atomic E-state index is 0.173. The van der Waals surface area contributed by atoms with Crippen molar-refractivity contribution in [1.29, 1.82) is 0 Å². The van der Waals surface area contributed by atoms with E-state index in [-0.39, 0.29) is 16.7 Å². The van der Waals surface area contributed by atoms with Crippen molar-refractivity contribution in [3.63, 3.8) is 0 Å². The number of nitro benzene ring substituents is 1. The summed E-state index contributed by atoms with van der Waals surface area (Å²) in [6, 6.07) is 5.55. The Hall–Kier alpha value is -1.14. The van der Waals surface area contributed by atoms with Gasteiger partial charge in [0.05, 0.1) is 4.92 Å². The molecule has 1 heterocycles. The maximum Gasteiger partial charge on any atom is 0.293 e. The lowest BCUT2D eigenvalue weighted by Crippen LogP contribution is -2.39. The molecule has 0 radical (unpaired) electrons. The molecule has 0 aliphatic carbocycles. The predicted molar refractivity (Wildman–Crippen MR) is 88.9 cm³/mol. The van der Waals surface area contributed by atoms with Crippen LogP contribution < -0.4 is 10.2 Å². The smallest absolute Gasteiger partial charge is 0.293 e. The second-order valence-corrected chi connectivity index (χ2v) is 6.75. The molecule has 1 saturated heterocycles. The van der Waals surface area contributed by atoms with Gasteiger partial charge in [-0.2, -0.15) is 0 Å². The standard InChI is InChI=1S/C15H22BrN3O2/c1-11(2)18(10-12-5-7-17-8-6-12)14-4-3-13(16)9-15(14)19(20)21/h3-4,9,11-12,17H,5-8,10H2,1-2H3. The molecular formula is C15H22BrN3O2. The van der Waals surface area contributed by atoms with Gasteiger partial charge in [0.2, 0.25) is 0 Å². The summed E-state index contributed by atoms with van der Waals surface area (Å²) in [4.78, 5) is 13.2. The number of benzene rings is 1. The molecule has 0 aromatic heterocycles. The Bertz CT molecular complexity index is 502. The molecule has 116 valence electrons. The van der Waals surface area contributed by atoms with Crippen LogP contribution in [0.1, 0.15) is 26.7 Å². The molecule has 6 heteroatoms. The van der Waals surface area contributed by atoms with Crippen LogP contribution in [-0.4, -0.2) is 30.6 Å². The van der Waals surface area contributed by atoms with Gasteiger partial charge in [-0.3, -0.25) is 10.1 Å². The molecule has 1 aromatic rings. The Morgan fingerprint density at radius 1 is 1.43 bits per heavy atom. The van der Waals surface area contributed by atoms with E-state index < -0.39 is 0 Å². The Morgan fingerprint density at radius 3 is 2.67 bits per heavy atom. The Balaban J connectivity index is 2.27. The second-order valence-electron chi connectivity index (χ2n) is 5.83. The molecule has 5 nitrogen and oxygen atoms in total. The Labute approximate surface area is 134 Å². The van der Waals surface area contributed by atoms with Gasteiger partial charge in [0.25, 0.3) is 5.69 Å².